The van der Waals surface area contributed by atoms with Crippen LogP contribution in [0, 0.1) is 24.1 Å². The molecule has 2 aromatic carbocycles. The first-order chi connectivity index (χ1) is 16.6. The molecule has 0 unspecified atom stereocenters. The highest BCUT2D eigenvalue weighted by Gasteiger charge is 2.18. The first kappa shape index (κ1) is 27.0. The van der Waals surface area contributed by atoms with Crippen LogP contribution < -0.4 is 28.8 Å². The molecule has 4 rings (SSSR count). The molecule has 0 aliphatic heterocycles. The van der Waals surface area contributed by atoms with E-state index in [9.17, 15) is 0 Å². The summed E-state index contributed by atoms with van der Waals surface area (Å²) < 4.78 is 46.5. The van der Waals surface area contributed by atoms with Gasteiger partial charge in [-0.2, -0.15) is 14.0 Å². The molecular formula is C26H33ClN2O6. The zero-order chi connectivity index (χ0) is 25.6. The molecular weight excluding hydrogens is 472 g/mol. The number of nitrogens with zero attached hydrogens (tertiary/aromatic N) is 2. The van der Waals surface area contributed by atoms with Crippen LogP contribution in [0.2, 0.25) is 0 Å². The minimum Gasteiger partial charge on any atom is -0.497 e. The van der Waals surface area contributed by atoms with Gasteiger partial charge in [-0.15, -0.1) is 0 Å². The fourth-order valence-electron chi connectivity index (χ4n) is 4.75. The molecule has 1 aliphatic carbocycles. The van der Waals surface area contributed by atoms with Gasteiger partial charge in [0, 0.05) is 27.8 Å². The van der Waals surface area contributed by atoms with Crippen molar-refractivity contribution >= 4 is 10.8 Å². The standard InChI is InChI=1S/C26H32N2O2.ClHO4/c1-5-30-24-13-9-12-23(27-20-10-7-6-8-11-20)25-18(2)28(19(3)26(24)25)21-14-16-22(29-4)17-15-21;2-1(3,4)5/h9,12-17,20H,5-8,10-11H2,1-4H3;(H,2,3,4,5). The molecule has 0 atom stereocenters. The first-order valence-electron chi connectivity index (χ1n) is 11.7. The van der Waals surface area contributed by atoms with Crippen LogP contribution in [0.4, 0.5) is 0 Å². The predicted molar refractivity (Wildman–Crippen MR) is 125 cm³/mol. The average molecular weight is 505 g/mol. The van der Waals surface area contributed by atoms with Crippen molar-refractivity contribution in [2.75, 3.05) is 13.7 Å². The summed E-state index contributed by atoms with van der Waals surface area (Å²) in [6.45, 7) is 7.04. The highest BCUT2D eigenvalue weighted by atomic mass is 35.7. The zero-order valence-corrected chi connectivity index (χ0v) is 21.4. The van der Waals surface area contributed by atoms with Crippen molar-refractivity contribution in [2.45, 2.75) is 58.9 Å². The van der Waals surface area contributed by atoms with E-state index in [1.807, 2.05) is 19.1 Å². The Balaban J connectivity index is 0.000000623. The van der Waals surface area contributed by atoms with Gasteiger partial charge < -0.3 is 14.0 Å². The Labute approximate surface area is 207 Å². The molecule has 1 aromatic heterocycles. The Kier molecular flexibility index (Phi) is 9.15. The smallest absolute Gasteiger partial charge is 0.129 e. The van der Waals surface area contributed by atoms with Crippen LogP contribution in [-0.4, -0.2) is 29.0 Å². The molecule has 1 saturated carbocycles. The van der Waals surface area contributed by atoms with Crippen LogP contribution in [0.1, 0.15) is 50.4 Å². The van der Waals surface area contributed by atoms with Gasteiger partial charge in [0.15, 0.2) is 0 Å². The van der Waals surface area contributed by atoms with Crippen molar-refractivity contribution in [3.05, 3.63) is 59.2 Å². The van der Waals surface area contributed by atoms with E-state index in [1.54, 1.807) is 7.11 Å². The number of ether oxygens (including phenoxy) is 2. The Bertz CT molecular complexity index is 1190. The minimum absolute atomic E-state index is 0.420. The maximum absolute atomic E-state index is 8.60. The largest absolute Gasteiger partial charge is 0.497 e. The molecule has 9 heteroatoms. The van der Waals surface area contributed by atoms with Crippen molar-refractivity contribution in [3.8, 4) is 17.2 Å². The lowest BCUT2D eigenvalue weighted by atomic mass is 9.96. The number of rotatable bonds is 5. The van der Waals surface area contributed by atoms with Gasteiger partial charge in [0.1, 0.15) is 11.5 Å². The van der Waals surface area contributed by atoms with Gasteiger partial charge in [0.2, 0.25) is 0 Å². The Hall–Kier alpha value is -2.62. The third-order valence-electron chi connectivity index (χ3n) is 6.18. The SMILES string of the molecule is CCOc1cccc(=NC2CCCCC2)c2c(C)n(-c3ccc(OC)cc3)c(C)c12.[O-][Cl+3]([O-])([O-])O. The number of aromatic nitrogens is 1. The lowest BCUT2D eigenvalue weighted by molar-refractivity contribution is -1.92. The molecule has 3 aromatic rings. The number of halogens is 1. The molecule has 0 saturated heterocycles. The fourth-order valence-corrected chi connectivity index (χ4v) is 4.75. The van der Waals surface area contributed by atoms with E-state index in [0.29, 0.717) is 12.6 Å². The van der Waals surface area contributed by atoms with Crippen molar-refractivity contribution in [2.24, 2.45) is 4.99 Å². The minimum atomic E-state index is -4.69. The van der Waals surface area contributed by atoms with Crippen LogP contribution in [0.15, 0.2) is 47.5 Å². The van der Waals surface area contributed by atoms with Gasteiger partial charge in [-0.05, 0) is 70.0 Å². The third kappa shape index (κ3) is 6.96. The highest BCUT2D eigenvalue weighted by Crippen LogP contribution is 2.33. The Morgan fingerprint density at radius 2 is 1.57 bits per heavy atom. The lowest BCUT2D eigenvalue weighted by Crippen LogP contribution is -2.58. The van der Waals surface area contributed by atoms with E-state index in [-0.39, 0.29) is 0 Å². The molecule has 35 heavy (non-hydrogen) atoms. The molecule has 0 bridgehead atoms. The van der Waals surface area contributed by atoms with Gasteiger partial charge >= 0.3 is 0 Å². The fraction of sp³-hybridized carbons (Fsp3) is 0.423. The summed E-state index contributed by atoms with van der Waals surface area (Å²) in [6, 6.07) is 15.0. The predicted octanol–water partition coefficient (Wildman–Crippen LogP) is 1.76. The molecule has 1 heterocycles. The molecule has 1 aliphatic rings. The monoisotopic (exact) mass is 504 g/mol. The number of fused-ring (bicyclic) bond motifs is 1. The molecule has 0 amide bonds. The van der Waals surface area contributed by atoms with Gasteiger partial charge in [0.25, 0.3) is 0 Å². The molecule has 0 spiro atoms. The summed E-state index contributed by atoms with van der Waals surface area (Å²) in [7, 11) is -3.00. The normalized spacial score (nSPS) is 15.0. The van der Waals surface area contributed by atoms with Crippen LogP contribution in [0.3, 0.4) is 0 Å². The second-order valence-electron chi connectivity index (χ2n) is 8.48. The molecule has 1 fully saturated rings. The molecule has 1 N–H and O–H groups in total. The van der Waals surface area contributed by atoms with Crippen molar-refractivity contribution in [1.82, 2.24) is 4.57 Å². The van der Waals surface area contributed by atoms with Gasteiger partial charge in [-0.25, -0.2) is 0 Å². The van der Waals surface area contributed by atoms with Crippen molar-refractivity contribution in [3.63, 3.8) is 0 Å². The number of aryl methyl sites for hydroxylation is 2. The summed E-state index contributed by atoms with van der Waals surface area (Å²) in [5.41, 5.74) is 3.49. The molecule has 0 radical (unpaired) electrons. The number of hydrogen-bond donors (Lipinski definition) is 1. The molecule has 8 nitrogen and oxygen atoms in total. The zero-order valence-electron chi connectivity index (χ0n) is 20.6. The van der Waals surface area contributed by atoms with E-state index in [0.717, 1.165) is 27.9 Å². The third-order valence-corrected chi connectivity index (χ3v) is 6.18. The van der Waals surface area contributed by atoms with Crippen molar-refractivity contribution < 1.29 is 38.4 Å². The Morgan fingerprint density at radius 1 is 0.971 bits per heavy atom. The number of methoxy groups -OCH3 is 1. The quantitative estimate of drug-likeness (QED) is 0.564. The van der Waals surface area contributed by atoms with E-state index in [1.165, 1.54) is 48.9 Å². The van der Waals surface area contributed by atoms with E-state index in [2.05, 4.69) is 48.7 Å². The van der Waals surface area contributed by atoms with Gasteiger partial charge in [0.05, 0.1) is 40.0 Å². The van der Waals surface area contributed by atoms with Gasteiger partial charge in [-0.3, -0.25) is 4.99 Å². The van der Waals surface area contributed by atoms with Crippen LogP contribution in [-0.2, 0) is 0 Å². The highest BCUT2D eigenvalue weighted by molar-refractivity contribution is 5.93. The second kappa shape index (κ2) is 11.9. The Morgan fingerprint density at radius 3 is 2.14 bits per heavy atom. The number of hydrogen-bond acceptors (Lipinski definition) is 7. The summed E-state index contributed by atoms with van der Waals surface area (Å²) >= 11 is 0. The second-order valence-corrected chi connectivity index (χ2v) is 9.27. The van der Waals surface area contributed by atoms with Crippen molar-refractivity contribution in [1.29, 1.82) is 0 Å². The summed E-state index contributed by atoms with van der Waals surface area (Å²) in [6.07, 6.45) is 6.28. The van der Waals surface area contributed by atoms with E-state index < -0.39 is 10.2 Å². The maximum Gasteiger partial charge on any atom is 0.129 e. The van der Waals surface area contributed by atoms with Crippen LogP contribution in [0.5, 0.6) is 11.5 Å². The first-order valence-corrected chi connectivity index (χ1v) is 13.0. The lowest BCUT2D eigenvalue weighted by Gasteiger charge is -2.17. The van der Waals surface area contributed by atoms with E-state index >= 15 is 0 Å². The summed E-state index contributed by atoms with van der Waals surface area (Å²) in [5.74, 6) is 1.78. The summed E-state index contributed by atoms with van der Waals surface area (Å²) in [4.78, 5) is 5.23. The topological polar surface area (TPSA) is 125 Å². The average Bonchev–Trinajstić information content (AvgIpc) is 2.95. The maximum atomic E-state index is 8.60. The van der Waals surface area contributed by atoms with Crippen LogP contribution >= 0.6 is 0 Å². The summed E-state index contributed by atoms with van der Waals surface area (Å²) in [5, 5.41) is 3.43. The van der Waals surface area contributed by atoms with Crippen LogP contribution in [0.25, 0.3) is 16.5 Å². The van der Waals surface area contributed by atoms with Gasteiger partial charge in [-0.1, -0.05) is 25.3 Å². The van der Waals surface area contributed by atoms with E-state index in [4.69, 9.17) is 33.1 Å². The molecule has 190 valence electrons. The number of benzene rings is 1.